The molecule has 1 aromatic heterocycles. The average molecular weight is 403 g/mol. The molecule has 0 fully saturated rings. The third kappa shape index (κ3) is 4.56. The number of hydrogen-bond acceptors (Lipinski definition) is 4. The molecule has 9 heteroatoms. The predicted molar refractivity (Wildman–Crippen MR) is 99.0 cm³/mol. The summed E-state index contributed by atoms with van der Waals surface area (Å²) in [5.74, 6) is -2.56. The van der Waals surface area contributed by atoms with Gasteiger partial charge in [-0.15, -0.1) is 0 Å². The number of amides is 1. The number of carbonyl (C=O) groups excluding carboxylic acids is 1. The lowest BCUT2D eigenvalue weighted by atomic mass is 10.2. The standard InChI is InChI=1S/C19H15F2N3O3S/c20-16-4-2-1-3-15(16)19(25)24-18-6-5-14(11-17(18)21)28(26,27)23-12-13-7-9-22-10-8-13/h1-11,23H,12H2,(H,24,25). The topological polar surface area (TPSA) is 88.2 Å². The minimum Gasteiger partial charge on any atom is -0.319 e. The van der Waals surface area contributed by atoms with Crippen LogP contribution < -0.4 is 10.0 Å². The summed E-state index contributed by atoms with van der Waals surface area (Å²) < 4.78 is 55.0. The molecule has 28 heavy (non-hydrogen) atoms. The zero-order valence-corrected chi connectivity index (χ0v) is 15.2. The number of rotatable bonds is 6. The maximum absolute atomic E-state index is 14.3. The van der Waals surface area contributed by atoms with Crippen molar-refractivity contribution in [2.45, 2.75) is 11.4 Å². The number of benzene rings is 2. The molecule has 3 aromatic rings. The van der Waals surface area contributed by atoms with E-state index in [1.165, 1.54) is 30.6 Å². The minimum atomic E-state index is -3.97. The number of carbonyl (C=O) groups is 1. The Hall–Kier alpha value is -3.17. The van der Waals surface area contributed by atoms with Gasteiger partial charge in [-0.3, -0.25) is 9.78 Å². The van der Waals surface area contributed by atoms with Gasteiger partial charge < -0.3 is 5.32 Å². The Labute approximate surface area is 160 Å². The molecule has 1 amide bonds. The van der Waals surface area contributed by atoms with Crippen LogP contribution in [0.1, 0.15) is 15.9 Å². The molecular formula is C19H15F2N3O3S. The number of nitrogens with one attached hydrogen (secondary N) is 2. The van der Waals surface area contributed by atoms with Crippen molar-refractivity contribution >= 4 is 21.6 Å². The largest absolute Gasteiger partial charge is 0.319 e. The summed E-state index contributed by atoms with van der Waals surface area (Å²) in [6.07, 6.45) is 3.05. The van der Waals surface area contributed by atoms with E-state index in [2.05, 4.69) is 15.0 Å². The van der Waals surface area contributed by atoms with Gasteiger partial charge in [-0.05, 0) is 48.0 Å². The highest BCUT2D eigenvalue weighted by Crippen LogP contribution is 2.20. The Bertz CT molecular complexity index is 1110. The number of pyridine rings is 1. The maximum atomic E-state index is 14.3. The summed E-state index contributed by atoms with van der Waals surface area (Å²) in [5.41, 5.74) is 0.173. The van der Waals surface area contributed by atoms with Crippen LogP contribution in [0.5, 0.6) is 0 Å². The molecule has 1 heterocycles. The van der Waals surface area contributed by atoms with Crippen LogP contribution in [0, 0.1) is 11.6 Å². The highest BCUT2D eigenvalue weighted by molar-refractivity contribution is 7.89. The summed E-state index contributed by atoms with van der Waals surface area (Å²) in [5, 5.41) is 2.23. The fourth-order valence-corrected chi connectivity index (χ4v) is 3.39. The summed E-state index contributed by atoms with van der Waals surface area (Å²) in [7, 11) is -3.97. The molecule has 3 rings (SSSR count). The predicted octanol–water partition coefficient (Wildman–Crippen LogP) is 3.09. The molecule has 2 N–H and O–H groups in total. The molecule has 0 atom stereocenters. The Morgan fingerprint density at radius 2 is 1.68 bits per heavy atom. The van der Waals surface area contributed by atoms with E-state index in [9.17, 15) is 22.0 Å². The van der Waals surface area contributed by atoms with Crippen LogP contribution in [0.2, 0.25) is 0 Å². The molecule has 0 aliphatic carbocycles. The molecule has 0 saturated carbocycles. The highest BCUT2D eigenvalue weighted by atomic mass is 32.2. The summed E-state index contributed by atoms with van der Waals surface area (Å²) in [6.45, 7) is 0.0121. The van der Waals surface area contributed by atoms with Gasteiger partial charge in [0, 0.05) is 18.9 Å². The Balaban J connectivity index is 1.74. The fourth-order valence-electron chi connectivity index (χ4n) is 2.36. The smallest absolute Gasteiger partial charge is 0.258 e. The van der Waals surface area contributed by atoms with Gasteiger partial charge in [0.2, 0.25) is 10.0 Å². The van der Waals surface area contributed by atoms with Crippen molar-refractivity contribution in [3.05, 3.63) is 89.8 Å². The van der Waals surface area contributed by atoms with Gasteiger partial charge in [0.05, 0.1) is 16.1 Å². The van der Waals surface area contributed by atoms with Crippen LogP contribution in [-0.4, -0.2) is 19.3 Å². The molecule has 0 spiro atoms. The van der Waals surface area contributed by atoms with Gasteiger partial charge >= 0.3 is 0 Å². The van der Waals surface area contributed by atoms with Crippen LogP contribution in [0.3, 0.4) is 0 Å². The van der Waals surface area contributed by atoms with E-state index in [1.807, 2.05) is 0 Å². The maximum Gasteiger partial charge on any atom is 0.258 e. The lowest BCUT2D eigenvalue weighted by molar-refractivity contribution is 0.102. The Morgan fingerprint density at radius 1 is 0.964 bits per heavy atom. The zero-order valence-electron chi connectivity index (χ0n) is 14.4. The summed E-state index contributed by atoms with van der Waals surface area (Å²) in [6, 6.07) is 11.6. The van der Waals surface area contributed by atoms with Gasteiger partial charge in [0.15, 0.2) is 0 Å². The van der Waals surface area contributed by atoms with E-state index < -0.39 is 27.6 Å². The van der Waals surface area contributed by atoms with Gasteiger partial charge in [-0.25, -0.2) is 21.9 Å². The van der Waals surface area contributed by atoms with Crippen molar-refractivity contribution in [2.75, 3.05) is 5.32 Å². The van der Waals surface area contributed by atoms with Crippen molar-refractivity contribution in [3.63, 3.8) is 0 Å². The van der Waals surface area contributed by atoms with E-state index in [4.69, 9.17) is 0 Å². The molecule has 0 saturated heterocycles. The van der Waals surface area contributed by atoms with Gasteiger partial charge in [-0.1, -0.05) is 12.1 Å². The van der Waals surface area contributed by atoms with Crippen molar-refractivity contribution in [1.82, 2.24) is 9.71 Å². The van der Waals surface area contributed by atoms with E-state index in [0.29, 0.717) is 5.56 Å². The van der Waals surface area contributed by atoms with Crippen molar-refractivity contribution in [2.24, 2.45) is 0 Å². The molecule has 0 aliphatic rings. The second-order valence-electron chi connectivity index (χ2n) is 5.76. The van der Waals surface area contributed by atoms with Crippen LogP contribution in [0.15, 0.2) is 71.9 Å². The SMILES string of the molecule is O=C(Nc1ccc(S(=O)(=O)NCc2ccncc2)cc1F)c1ccccc1F. The molecule has 6 nitrogen and oxygen atoms in total. The van der Waals surface area contributed by atoms with Crippen LogP contribution >= 0.6 is 0 Å². The van der Waals surface area contributed by atoms with E-state index in [1.54, 1.807) is 12.1 Å². The number of aromatic nitrogens is 1. The second-order valence-corrected chi connectivity index (χ2v) is 7.52. The first-order chi connectivity index (χ1) is 13.4. The molecule has 0 radical (unpaired) electrons. The van der Waals surface area contributed by atoms with Gasteiger partial charge in [-0.2, -0.15) is 0 Å². The summed E-state index contributed by atoms with van der Waals surface area (Å²) in [4.78, 5) is 15.6. The van der Waals surface area contributed by atoms with Gasteiger partial charge in [0.25, 0.3) is 5.91 Å². The highest BCUT2D eigenvalue weighted by Gasteiger charge is 2.18. The number of sulfonamides is 1. The Kier molecular flexibility index (Phi) is 5.76. The zero-order chi connectivity index (χ0) is 20.1. The van der Waals surface area contributed by atoms with Crippen LogP contribution in [0.4, 0.5) is 14.5 Å². The molecule has 0 bridgehead atoms. The first kappa shape index (κ1) is 19.6. The first-order valence-corrected chi connectivity index (χ1v) is 9.59. The first-order valence-electron chi connectivity index (χ1n) is 8.11. The number of hydrogen-bond donors (Lipinski definition) is 2. The number of nitrogens with zero attached hydrogens (tertiary/aromatic N) is 1. The van der Waals surface area contributed by atoms with Crippen molar-refractivity contribution in [1.29, 1.82) is 0 Å². The minimum absolute atomic E-state index is 0.0121. The average Bonchev–Trinajstić information content (AvgIpc) is 2.69. The number of anilines is 1. The lowest BCUT2D eigenvalue weighted by Gasteiger charge is -2.10. The van der Waals surface area contributed by atoms with Crippen molar-refractivity contribution < 1.29 is 22.0 Å². The quantitative estimate of drug-likeness (QED) is 0.662. The van der Waals surface area contributed by atoms with E-state index in [-0.39, 0.29) is 22.7 Å². The summed E-state index contributed by atoms with van der Waals surface area (Å²) >= 11 is 0. The normalized spacial score (nSPS) is 11.2. The third-order valence-corrected chi connectivity index (χ3v) is 5.23. The molecule has 144 valence electrons. The van der Waals surface area contributed by atoms with E-state index >= 15 is 0 Å². The fraction of sp³-hybridized carbons (Fsp3) is 0.0526. The molecular weight excluding hydrogens is 388 g/mol. The Morgan fingerprint density at radius 3 is 2.36 bits per heavy atom. The molecule has 0 aliphatic heterocycles. The van der Waals surface area contributed by atoms with Gasteiger partial charge in [0.1, 0.15) is 11.6 Å². The molecule has 0 unspecified atom stereocenters. The van der Waals surface area contributed by atoms with E-state index in [0.717, 1.165) is 24.3 Å². The molecule has 2 aromatic carbocycles. The monoisotopic (exact) mass is 403 g/mol. The van der Waals surface area contributed by atoms with Crippen LogP contribution in [-0.2, 0) is 16.6 Å². The lowest BCUT2D eigenvalue weighted by Crippen LogP contribution is -2.23. The second kappa shape index (κ2) is 8.24. The number of halogens is 2. The van der Waals surface area contributed by atoms with Crippen molar-refractivity contribution in [3.8, 4) is 0 Å². The van der Waals surface area contributed by atoms with Crippen LogP contribution in [0.25, 0.3) is 0 Å². The third-order valence-electron chi connectivity index (χ3n) is 3.83.